The number of hydrogen-bond donors (Lipinski definition) is 0. The molecule has 576 valence electrons. The minimum atomic E-state index is -3.98. The van der Waals surface area contributed by atoms with Crippen molar-refractivity contribution < 1.29 is 26.3 Å². The Morgan fingerprint density at radius 3 is 0.787 bits per heavy atom. The monoisotopic (exact) mass is 1350 g/mol. The number of alkyl halides is 6. The van der Waals surface area contributed by atoms with Crippen LogP contribution in [0.5, 0.6) is 0 Å². The Morgan fingerprint density at radius 2 is 0.553 bits per heavy atom. The molecule has 4 spiro atoms. The predicted octanol–water partition coefficient (Wildman–Crippen LogP) is 34.6. The zero-order chi connectivity index (χ0) is 67.5. The van der Waals surface area contributed by atoms with Crippen molar-refractivity contribution in [2.45, 2.75) is 479 Å². The molecule has 0 N–H and O–H groups in total. The van der Waals surface area contributed by atoms with Gasteiger partial charge in [-0.05, 0) is 231 Å². The molecule has 0 aromatic rings. The molecule has 9 aliphatic rings. The van der Waals surface area contributed by atoms with Gasteiger partial charge >= 0.3 is 12.4 Å². The predicted molar refractivity (Wildman–Crippen MR) is 419 cm³/mol. The summed E-state index contributed by atoms with van der Waals surface area (Å²) in [5.74, 6) is 4.56. The first-order chi connectivity index (χ1) is 40.5. The Hall–Kier alpha value is -0.420. The summed E-state index contributed by atoms with van der Waals surface area (Å²) in [6, 6.07) is 0. The van der Waals surface area contributed by atoms with Crippen molar-refractivity contribution in [3.8, 4) is 0 Å². The van der Waals surface area contributed by atoms with Crippen LogP contribution in [0.15, 0.2) is 0 Å². The molecule has 0 amide bonds. The lowest BCUT2D eigenvalue weighted by atomic mass is 9.51. The van der Waals surface area contributed by atoms with Gasteiger partial charge in [-0.3, -0.25) is 0 Å². The van der Waals surface area contributed by atoms with E-state index in [0.29, 0.717) is 45.3 Å². The fourth-order valence-corrected chi connectivity index (χ4v) is 19.2. The topological polar surface area (TPSA) is 0 Å². The zero-order valence-electron chi connectivity index (χ0n) is 63.8. The average Bonchev–Trinajstić information content (AvgIpc) is 0.984. The van der Waals surface area contributed by atoms with E-state index in [4.69, 9.17) is 0 Å². The lowest BCUT2D eigenvalue weighted by Crippen LogP contribution is -2.43. The molecule has 0 saturated heterocycles. The molecule has 2 atom stereocenters. The van der Waals surface area contributed by atoms with Crippen molar-refractivity contribution in [3.05, 3.63) is 0 Å². The number of rotatable bonds is 5. The van der Waals surface area contributed by atoms with Gasteiger partial charge in [0.2, 0.25) is 0 Å². The van der Waals surface area contributed by atoms with Crippen molar-refractivity contribution in [2.24, 2.45) is 90.2 Å². The highest BCUT2D eigenvalue weighted by atomic mass is 19.4. The third-order valence-corrected chi connectivity index (χ3v) is 24.0. The summed E-state index contributed by atoms with van der Waals surface area (Å²) in [7, 11) is 0. The fraction of sp³-hybridized carbons (Fsp3) is 1.00. The van der Waals surface area contributed by atoms with Gasteiger partial charge in [0.15, 0.2) is 0 Å². The Labute approximate surface area is 593 Å². The maximum absolute atomic E-state index is 11.5. The fourth-order valence-electron chi connectivity index (χ4n) is 19.2. The van der Waals surface area contributed by atoms with Gasteiger partial charge < -0.3 is 0 Å². The van der Waals surface area contributed by atoms with E-state index in [1.807, 2.05) is 13.8 Å². The molecule has 0 bridgehead atoms. The van der Waals surface area contributed by atoms with Gasteiger partial charge in [0.05, 0.1) is 0 Å². The Morgan fingerprint density at radius 1 is 0.319 bits per heavy atom. The second kappa shape index (κ2) is 47.7. The Kier molecular flexibility index (Phi) is 53.1. The van der Waals surface area contributed by atoms with Crippen LogP contribution in [-0.2, 0) is 0 Å². The van der Waals surface area contributed by atoms with Crippen molar-refractivity contribution in [1.29, 1.82) is 0 Å². The van der Waals surface area contributed by atoms with E-state index < -0.39 is 25.2 Å². The Bertz CT molecular complexity index is 1660. The maximum Gasteiger partial charge on any atom is 0.389 e. The van der Waals surface area contributed by atoms with Gasteiger partial charge in [0.25, 0.3) is 0 Å². The minimum Gasteiger partial charge on any atom is -0.171 e. The van der Waals surface area contributed by atoms with Gasteiger partial charge in [-0.15, -0.1) is 0 Å². The SMILES string of the molecule is C.C.C.C.C.C.CC.CC1CCC2(CC1)CC(C)(C)CC(C)(C)C2.CC1CCC2(CC1)CCC(C)(C)CC2.CC1CCC2(CCCC2)CC1.CC1CCC2(CCCCC2)CC1.CCC.CCC1CC(C)(C)CC(C)(C)C1.CC[C@H](C)CC(F)(F)F.CC[C@H](C)CC(F)(F)F. The van der Waals surface area contributed by atoms with Crippen LogP contribution in [0.1, 0.15) is 467 Å². The van der Waals surface area contributed by atoms with E-state index in [1.165, 1.54) is 186 Å². The van der Waals surface area contributed by atoms with Crippen LogP contribution in [0.25, 0.3) is 0 Å². The molecular weight excluding hydrogens is 1170 g/mol. The quantitative estimate of drug-likeness (QED) is 0.241. The second-order valence-electron chi connectivity index (χ2n) is 37.1. The molecule has 0 nitrogen and oxygen atoms in total. The summed E-state index contributed by atoms with van der Waals surface area (Å²) in [5.41, 5.74) is 6.15. The molecule has 9 saturated carbocycles. The van der Waals surface area contributed by atoms with E-state index in [1.54, 1.807) is 79.1 Å². The maximum atomic E-state index is 11.5. The smallest absolute Gasteiger partial charge is 0.171 e. The van der Waals surface area contributed by atoms with Gasteiger partial charge in [-0.1, -0.05) is 313 Å². The molecule has 9 aliphatic carbocycles. The Balaban J connectivity index is -0.000000237. The van der Waals surface area contributed by atoms with Gasteiger partial charge in [-0.2, -0.15) is 26.3 Å². The summed E-state index contributed by atoms with van der Waals surface area (Å²) < 4.78 is 69.0. The van der Waals surface area contributed by atoms with Crippen molar-refractivity contribution in [1.82, 2.24) is 0 Å². The van der Waals surface area contributed by atoms with Crippen LogP contribution in [0.2, 0.25) is 0 Å². The van der Waals surface area contributed by atoms with E-state index in [9.17, 15) is 26.3 Å². The van der Waals surface area contributed by atoms with Gasteiger partial charge in [-0.25, -0.2) is 0 Å². The third kappa shape index (κ3) is 44.1. The van der Waals surface area contributed by atoms with Crippen LogP contribution in [0.3, 0.4) is 0 Å². The lowest BCUT2D eigenvalue weighted by molar-refractivity contribution is -0.144. The molecule has 0 aliphatic heterocycles. The molecule has 0 heterocycles. The highest BCUT2D eigenvalue weighted by Gasteiger charge is 2.48. The molecular formula is C88H182F6. The lowest BCUT2D eigenvalue weighted by Gasteiger charge is -2.54. The van der Waals surface area contributed by atoms with Crippen LogP contribution in [0, 0.1) is 90.2 Å². The first-order valence-corrected chi connectivity index (χ1v) is 38.7. The van der Waals surface area contributed by atoms with Crippen LogP contribution in [0.4, 0.5) is 26.3 Å². The average molecular weight is 1350 g/mol. The van der Waals surface area contributed by atoms with Crippen LogP contribution < -0.4 is 0 Å². The molecule has 9 rings (SSSR count). The molecule has 0 aromatic heterocycles. The van der Waals surface area contributed by atoms with Crippen molar-refractivity contribution >= 4 is 0 Å². The van der Waals surface area contributed by atoms with E-state index in [2.05, 4.69) is 118 Å². The van der Waals surface area contributed by atoms with Crippen LogP contribution >= 0.6 is 0 Å². The first-order valence-electron chi connectivity index (χ1n) is 38.7. The summed E-state index contributed by atoms with van der Waals surface area (Å²) in [6.45, 7) is 51.6. The summed E-state index contributed by atoms with van der Waals surface area (Å²) in [6.07, 6.45) is 47.3. The summed E-state index contributed by atoms with van der Waals surface area (Å²) >= 11 is 0. The molecule has 94 heavy (non-hydrogen) atoms. The van der Waals surface area contributed by atoms with Gasteiger partial charge in [0, 0.05) is 12.8 Å². The highest BCUT2D eigenvalue weighted by molar-refractivity contribution is 4.99. The number of hydrogen-bond acceptors (Lipinski definition) is 0. The molecule has 9 fully saturated rings. The van der Waals surface area contributed by atoms with Crippen LogP contribution in [-0.4, -0.2) is 12.4 Å². The van der Waals surface area contributed by atoms with Gasteiger partial charge in [0.1, 0.15) is 0 Å². The molecule has 0 radical (unpaired) electrons. The largest absolute Gasteiger partial charge is 0.389 e. The standard InChI is InChI=1S/C16H30.C14H26.C12H22.C12H24.C11H20.2C6H11F3.C3H8.C2H6.6CH4/c1-13-6-8-16(9-7-13)11-14(2,3)10-15(4,5)12-16;1-12-4-6-14(7-5-12)10-8-13(2,3)9-11-14;1-11-5-9-12(10-6-11)7-3-2-4-8-12;1-6-10-7-11(2,3)9-12(4,5)8-10;1-10-4-8-11(9-5-10)6-2-3-7-11;2*1-3-5(2)4-6(7,8)9;1-3-2;1-2;;;;;;/h13H,6-12H2,1-5H3;12H,4-11H2,1-3H3;11H,2-10H2,1H3;10H,6-9H2,1-5H3;10H,2-9H2,1H3;2*5H,3-4H2,1-2H3;3H2,1-2H3;1-2H3;6*1H4/t;;;;;2*5-;;;;;;;;/m.....00......../s1. The normalized spacial score (nSPS) is 24.9. The molecule has 6 heteroatoms. The molecule has 0 aromatic carbocycles. The first kappa shape index (κ1) is 105. The van der Waals surface area contributed by atoms with Crippen molar-refractivity contribution in [2.75, 3.05) is 0 Å². The summed E-state index contributed by atoms with van der Waals surface area (Å²) in [4.78, 5) is 0. The van der Waals surface area contributed by atoms with Crippen molar-refractivity contribution in [3.63, 3.8) is 0 Å². The second-order valence-corrected chi connectivity index (χ2v) is 37.1. The van der Waals surface area contributed by atoms with E-state index in [-0.39, 0.29) is 56.4 Å². The molecule has 0 unspecified atom stereocenters. The number of halogens is 6. The highest BCUT2D eigenvalue weighted by Crippen LogP contribution is 2.60. The zero-order valence-corrected chi connectivity index (χ0v) is 63.8. The summed E-state index contributed by atoms with van der Waals surface area (Å²) in [5, 5.41) is 0. The van der Waals surface area contributed by atoms with E-state index in [0.717, 1.165) is 45.8 Å². The third-order valence-electron chi connectivity index (χ3n) is 24.0. The minimum absolute atomic E-state index is 0. The van der Waals surface area contributed by atoms with E-state index >= 15 is 0 Å².